The third-order valence-corrected chi connectivity index (χ3v) is 5.54. The van der Waals surface area contributed by atoms with Crippen molar-refractivity contribution >= 4 is 29.3 Å². The van der Waals surface area contributed by atoms with Gasteiger partial charge in [-0.2, -0.15) is 0 Å². The van der Waals surface area contributed by atoms with Gasteiger partial charge in [-0.15, -0.1) is 0 Å². The predicted octanol–water partition coefficient (Wildman–Crippen LogP) is 4.95. The highest BCUT2D eigenvalue weighted by Gasteiger charge is 2.15. The summed E-state index contributed by atoms with van der Waals surface area (Å²) < 4.78 is 5.00. The molecule has 1 amide bonds. The number of carbonyl (C=O) groups is 1. The Kier molecular flexibility index (Phi) is 7.75. The Morgan fingerprint density at radius 1 is 1.14 bits per heavy atom. The monoisotopic (exact) mass is 429 g/mol. The van der Waals surface area contributed by atoms with Crippen molar-refractivity contribution < 1.29 is 9.53 Å². The number of hydrogen-bond acceptors (Lipinski definition) is 4. The number of ether oxygens (including phenoxy) is 1. The number of methoxy groups -OCH3 is 1. The summed E-state index contributed by atoms with van der Waals surface area (Å²) in [6.07, 6.45) is 0.796. The normalized spacial score (nSPS) is 10.9. The second kappa shape index (κ2) is 10.5. The van der Waals surface area contributed by atoms with E-state index in [1.807, 2.05) is 24.3 Å². The van der Waals surface area contributed by atoms with Crippen molar-refractivity contribution in [2.24, 2.45) is 0 Å². The molecule has 5 nitrogen and oxygen atoms in total. The first-order valence-electron chi connectivity index (χ1n) is 9.38. The van der Waals surface area contributed by atoms with E-state index in [1.165, 1.54) is 17.3 Å². The van der Waals surface area contributed by atoms with Crippen LogP contribution in [0.15, 0.2) is 53.6 Å². The summed E-state index contributed by atoms with van der Waals surface area (Å²) >= 11 is 7.43. The molecule has 3 aromatic rings. The van der Waals surface area contributed by atoms with E-state index < -0.39 is 0 Å². The Balaban J connectivity index is 1.79. The predicted molar refractivity (Wildman–Crippen MR) is 119 cm³/mol. The van der Waals surface area contributed by atoms with Crippen molar-refractivity contribution in [3.63, 3.8) is 0 Å². The number of halogens is 1. The Bertz CT molecular complexity index is 940. The molecule has 0 aliphatic carbocycles. The Labute approximate surface area is 180 Å². The van der Waals surface area contributed by atoms with Gasteiger partial charge in [0, 0.05) is 36.4 Å². The van der Waals surface area contributed by atoms with Crippen LogP contribution in [0.25, 0.3) is 22.6 Å². The molecule has 0 radical (unpaired) electrons. The van der Waals surface area contributed by atoms with E-state index in [1.54, 1.807) is 7.11 Å². The summed E-state index contributed by atoms with van der Waals surface area (Å²) in [6, 6.07) is 15.8. The zero-order valence-electron chi connectivity index (χ0n) is 16.5. The topological polar surface area (TPSA) is 67.0 Å². The van der Waals surface area contributed by atoms with E-state index in [9.17, 15) is 4.79 Å². The van der Waals surface area contributed by atoms with Crippen LogP contribution in [0.4, 0.5) is 0 Å². The van der Waals surface area contributed by atoms with Crippen molar-refractivity contribution in [3.05, 3.63) is 59.1 Å². The largest absolute Gasteiger partial charge is 0.385 e. The van der Waals surface area contributed by atoms with Crippen LogP contribution in [0, 0.1) is 6.92 Å². The average Bonchev–Trinajstić information content (AvgIpc) is 3.15. The summed E-state index contributed by atoms with van der Waals surface area (Å²) in [4.78, 5) is 20.3. The number of H-pyrrole nitrogens is 1. The number of aromatic amines is 1. The Hall–Kier alpha value is -2.28. The minimum Gasteiger partial charge on any atom is -0.385 e. The zero-order valence-corrected chi connectivity index (χ0v) is 18.1. The molecule has 29 heavy (non-hydrogen) atoms. The number of nitrogens with zero attached hydrogens (tertiary/aromatic N) is 1. The molecule has 3 rings (SSSR count). The number of hydrogen-bond donors (Lipinski definition) is 2. The number of thioether (sulfide) groups is 1. The SMILES string of the molecule is COCCCNC(=O)CSc1nc(-c2ccc(Cl)cc2)[nH]c1-c1ccc(C)cc1. The molecule has 0 aliphatic heterocycles. The van der Waals surface area contributed by atoms with Crippen LogP contribution in [0.1, 0.15) is 12.0 Å². The van der Waals surface area contributed by atoms with Crippen LogP contribution in [0.3, 0.4) is 0 Å². The van der Waals surface area contributed by atoms with Gasteiger partial charge in [-0.3, -0.25) is 4.79 Å². The first-order chi connectivity index (χ1) is 14.1. The number of aryl methyl sites for hydroxylation is 1. The highest BCUT2D eigenvalue weighted by molar-refractivity contribution is 8.00. The van der Waals surface area contributed by atoms with E-state index in [0.717, 1.165) is 34.1 Å². The lowest BCUT2D eigenvalue weighted by atomic mass is 10.1. The molecule has 1 aromatic heterocycles. The molecule has 2 N–H and O–H groups in total. The van der Waals surface area contributed by atoms with Crippen LogP contribution >= 0.6 is 23.4 Å². The van der Waals surface area contributed by atoms with Gasteiger partial charge in [0.05, 0.1) is 11.4 Å². The maximum atomic E-state index is 12.2. The summed E-state index contributed by atoms with van der Waals surface area (Å²) in [5.41, 5.74) is 4.08. The van der Waals surface area contributed by atoms with Crippen molar-refractivity contribution in [1.82, 2.24) is 15.3 Å². The number of imidazole rings is 1. The molecule has 152 valence electrons. The van der Waals surface area contributed by atoms with E-state index in [2.05, 4.69) is 41.5 Å². The number of aromatic nitrogens is 2. The highest BCUT2D eigenvalue weighted by atomic mass is 35.5. The summed E-state index contributed by atoms with van der Waals surface area (Å²) in [7, 11) is 1.65. The van der Waals surface area contributed by atoms with Crippen molar-refractivity contribution in [1.29, 1.82) is 0 Å². The minimum atomic E-state index is -0.0167. The number of rotatable bonds is 9. The lowest BCUT2D eigenvalue weighted by molar-refractivity contribution is -0.118. The standard InChI is InChI=1S/C22H24ClN3O2S/c1-15-4-6-16(7-5-15)20-22(29-14-19(27)24-12-3-13-28-2)26-21(25-20)17-8-10-18(23)11-9-17/h4-11H,3,12-14H2,1-2H3,(H,24,27)(H,25,26). The zero-order chi connectivity index (χ0) is 20.6. The molecule has 1 heterocycles. The average molecular weight is 430 g/mol. The molecular weight excluding hydrogens is 406 g/mol. The van der Waals surface area contributed by atoms with Gasteiger partial charge in [0.1, 0.15) is 10.9 Å². The van der Waals surface area contributed by atoms with Crippen LogP contribution < -0.4 is 5.32 Å². The smallest absolute Gasteiger partial charge is 0.230 e. The molecule has 0 saturated carbocycles. The fourth-order valence-electron chi connectivity index (χ4n) is 2.75. The maximum absolute atomic E-state index is 12.2. The molecule has 7 heteroatoms. The number of nitrogens with one attached hydrogen (secondary N) is 2. The van der Waals surface area contributed by atoms with Crippen LogP contribution in [-0.4, -0.2) is 41.9 Å². The molecule has 0 aliphatic rings. The maximum Gasteiger partial charge on any atom is 0.230 e. The molecule has 0 unspecified atom stereocenters. The summed E-state index contributed by atoms with van der Waals surface area (Å²) in [5, 5.41) is 4.38. The van der Waals surface area contributed by atoms with Gasteiger partial charge < -0.3 is 15.0 Å². The molecule has 0 saturated heterocycles. The second-order valence-electron chi connectivity index (χ2n) is 6.62. The number of carbonyl (C=O) groups excluding carboxylic acids is 1. The first-order valence-corrected chi connectivity index (χ1v) is 10.7. The summed E-state index contributed by atoms with van der Waals surface area (Å²) in [5.74, 6) is 1.04. The highest BCUT2D eigenvalue weighted by Crippen LogP contribution is 2.32. The van der Waals surface area contributed by atoms with E-state index in [-0.39, 0.29) is 5.91 Å². The first kappa shape index (κ1) is 21.4. The van der Waals surface area contributed by atoms with Gasteiger partial charge in [-0.05, 0) is 37.6 Å². The molecule has 0 spiro atoms. The van der Waals surface area contributed by atoms with E-state index in [4.69, 9.17) is 21.3 Å². The molecular formula is C22H24ClN3O2S. The quantitative estimate of drug-likeness (QED) is 0.373. The Morgan fingerprint density at radius 2 is 1.83 bits per heavy atom. The molecule has 2 aromatic carbocycles. The fourth-order valence-corrected chi connectivity index (χ4v) is 3.72. The van der Waals surface area contributed by atoms with Gasteiger partial charge in [-0.1, -0.05) is 53.2 Å². The van der Waals surface area contributed by atoms with Crippen LogP contribution in [0.5, 0.6) is 0 Å². The molecule has 0 bridgehead atoms. The van der Waals surface area contributed by atoms with Gasteiger partial charge in [0.25, 0.3) is 0 Å². The third kappa shape index (κ3) is 6.10. The molecule has 0 fully saturated rings. The van der Waals surface area contributed by atoms with Crippen molar-refractivity contribution in [2.45, 2.75) is 18.4 Å². The van der Waals surface area contributed by atoms with Gasteiger partial charge in [0.2, 0.25) is 5.91 Å². The van der Waals surface area contributed by atoms with Gasteiger partial charge >= 0.3 is 0 Å². The molecule has 0 atom stereocenters. The van der Waals surface area contributed by atoms with Crippen LogP contribution in [0.2, 0.25) is 5.02 Å². The Morgan fingerprint density at radius 3 is 2.52 bits per heavy atom. The second-order valence-corrected chi connectivity index (χ2v) is 8.02. The summed E-state index contributed by atoms with van der Waals surface area (Å²) in [6.45, 7) is 3.29. The van der Waals surface area contributed by atoms with E-state index >= 15 is 0 Å². The van der Waals surface area contributed by atoms with Crippen molar-refractivity contribution in [2.75, 3.05) is 26.0 Å². The lowest BCUT2D eigenvalue weighted by Gasteiger charge is -2.05. The fraction of sp³-hybridized carbons (Fsp3) is 0.273. The van der Waals surface area contributed by atoms with Gasteiger partial charge in [-0.25, -0.2) is 4.98 Å². The van der Waals surface area contributed by atoms with Crippen molar-refractivity contribution in [3.8, 4) is 22.6 Å². The van der Waals surface area contributed by atoms with Crippen LogP contribution in [-0.2, 0) is 9.53 Å². The number of amides is 1. The third-order valence-electron chi connectivity index (χ3n) is 4.32. The minimum absolute atomic E-state index is 0.0167. The lowest BCUT2D eigenvalue weighted by Crippen LogP contribution is -2.26. The number of benzene rings is 2. The van der Waals surface area contributed by atoms with E-state index in [0.29, 0.717) is 23.9 Å². The van der Waals surface area contributed by atoms with Gasteiger partial charge in [0.15, 0.2) is 0 Å².